The van der Waals surface area contributed by atoms with E-state index in [0.717, 1.165) is 0 Å². The molecule has 0 aliphatic carbocycles. The van der Waals surface area contributed by atoms with E-state index in [1.807, 2.05) is 6.07 Å². The highest BCUT2D eigenvalue weighted by atomic mass is 35.5. The van der Waals surface area contributed by atoms with Gasteiger partial charge in [0.15, 0.2) is 0 Å². The lowest BCUT2D eigenvalue weighted by atomic mass is 10.1. The molecule has 1 unspecified atom stereocenters. The van der Waals surface area contributed by atoms with E-state index < -0.39 is 17.8 Å². The Morgan fingerprint density at radius 2 is 2.35 bits per heavy atom. The first-order valence-corrected chi connectivity index (χ1v) is 5.58. The summed E-state index contributed by atoms with van der Waals surface area (Å²) in [4.78, 5) is 11.6. The van der Waals surface area contributed by atoms with Gasteiger partial charge in [0.1, 0.15) is 11.9 Å². The first-order chi connectivity index (χ1) is 8.08. The van der Waals surface area contributed by atoms with Crippen LogP contribution < -0.4 is 5.32 Å². The summed E-state index contributed by atoms with van der Waals surface area (Å²) in [6.07, 6.45) is 0.344. The molecule has 0 fully saturated rings. The molecular weight excluding hydrogens is 243 g/mol. The molecule has 0 saturated heterocycles. The van der Waals surface area contributed by atoms with Gasteiger partial charge < -0.3 is 5.32 Å². The quantitative estimate of drug-likeness (QED) is 0.897. The van der Waals surface area contributed by atoms with Crippen LogP contribution in [0.3, 0.4) is 0 Å². The van der Waals surface area contributed by atoms with Gasteiger partial charge in [0.05, 0.1) is 12.5 Å². The second-order valence-corrected chi connectivity index (χ2v) is 3.94. The van der Waals surface area contributed by atoms with Gasteiger partial charge in [-0.05, 0) is 18.6 Å². The monoisotopic (exact) mass is 254 g/mol. The maximum atomic E-state index is 13.4. The number of benzene rings is 1. The van der Waals surface area contributed by atoms with Crippen molar-refractivity contribution in [3.63, 3.8) is 0 Å². The predicted molar refractivity (Wildman–Crippen MR) is 62.9 cm³/mol. The van der Waals surface area contributed by atoms with Crippen molar-refractivity contribution < 1.29 is 9.18 Å². The van der Waals surface area contributed by atoms with Crippen LogP contribution in [0, 0.1) is 17.1 Å². The molecule has 0 radical (unpaired) electrons. The SMILES string of the molecule is CCC(C#N)NC(=O)Cc1c(F)cccc1Cl. The average Bonchev–Trinajstić information content (AvgIpc) is 2.31. The lowest BCUT2D eigenvalue weighted by molar-refractivity contribution is -0.120. The van der Waals surface area contributed by atoms with Crippen molar-refractivity contribution in [3.8, 4) is 6.07 Å². The van der Waals surface area contributed by atoms with Crippen molar-refractivity contribution in [3.05, 3.63) is 34.6 Å². The number of nitrogens with one attached hydrogen (secondary N) is 1. The van der Waals surface area contributed by atoms with E-state index in [-0.39, 0.29) is 17.0 Å². The fourth-order valence-electron chi connectivity index (χ4n) is 1.33. The molecule has 17 heavy (non-hydrogen) atoms. The number of rotatable bonds is 4. The highest BCUT2D eigenvalue weighted by molar-refractivity contribution is 6.31. The van der Waals surface area contributed by atoms with Crippen LogP contribution in [0.1, 0.15) is 18.9 Å². The van der Waals surface area contributed by atoms with Crippen molar-refractivity contribution in [1.29, 1.82) is 5.26 Å². The Bertz CT molecular complexity index is 436. The third-order valence-corrected chi connectivity index (χ3v) is 2.65. The van der Waals surface area contributed by atoms with Gasteiger partial charge in [-0.1, -0.05) is 24.6 Å². The summed E-state index contributed by atoms with van der Waals surface area (Å²) in [7, 11) is 0. The standard InChI is InChI=1S/C12H12ClFN2O/c1-2-8(7-15)16-12(17)6-9-10(13)4-3-5-11(9)14/h3-5,8H,2,6H2,1H3,(H,16,17). The Hall–Kier alpha value is -1.60. The number of nitriles is 1. The molecule has 0 saturated carbocycles. The van der Waals surface area contributed by atoms with Crippen LogP contribution >= 0.6 is 11.6 Å². The van der Waals surface area contributed by atoms with Gasteiger partial charge in [-0.25, -0.2) is 4.39 Å². The van der Waals surface area contributed by atoms with E-state index >= 15 is 0 Å². The number of carbonyl (C=O) groups excluding carboxylic acids is 1. The lowest BCUT2D eigenvalue weighted by Crippen LogP contribution is -2.34. The highest BCUT2D eigenvalue weighted by Gasteiger charge is 2.14. The lowest BCUT2D eigenvalue weighted by Gasteiger charge is -2.10. The average molecular weight is 255 g/mol. The van der Waals surface area contributed by atoms with Gasteiger partial charge in [0.2, 0.25) is 5.91 Å². The Morgan fingerprint density at radius 3 is 2.88 bits per heavy atom. The third kappa shape index (κ3) is 3.72. The van der Waals surface area contributed by atoms with E-state index in [0.29, 0.717) is 6.42 Å². The topological polar surface area (TPSA) is 52.9 Å². The summed E-state index contributed by atoms with van der Waals surface area (Å²) < 4.78 is 13.4. The molecule has 1 rings (SSSR count). The Kier molecular flexibility index (Phi) is 4.92. The van der Waals surface area contributed by atoms with Crippen LogP contribution in [0.15, 0.2) is 18.2 Å². The van der Waals surface area contributed by atoms with Crippen molar-refractivity contribution in [2.75, 3.05) is 0 Å². The molecular formula is C12H12ClFN2O. The number of carbonyl (C=O) groups is 1. The maximum Gasteiger partial charge on any atom is 0.225 e. The number of hydrogen-bond acceptors (Lipinski definition) is 2. The summed E-state index contributed by atoms with van der Waals surface area (Å²) in [6.45, 7) is 1.78. The minimum atomic E-state index is -0.548. The third-order valence-electron chi connectivity index (χ3n) is 2.30. The summed E-state index contributed by atoms with van der Waals surface area (Å²) in [5, 5.41) is 11.4. The summed E-state index contributed by atoms with van der Waals surface area (Å²) in [5.41, 5.74) is 0.152. The molecule has 1 atom stereocenters. The molecule has 1 aromatic carbocycles. The van der Waals surface area contributed by atoms with Gasteiger partial charge in [0.25, 0.3) is 0 Å². The largest absolute Gasteiger partial charge is 0.340 e. The Labute approximate surface area is 104 Å². The molecule has 3 nitrogen and oxygen atoms in total. The van der Waals surface area contributed by atoms with Gasteiger partial charge in [-0.15, -0.1) is 0 Å². The second-order valence-electron chi connectivity index (χ2n) is 3.53. The van der Waals surface area contributed by atoms with Gasteiger partial charge in [0, 0.05) is 10.6 Å². The predicted octanol–water partition coefficient (Wildman–Crippen LogP) is 2.44. The number of nitrogens with zero attached hydrogens (tertiary/aromatic N) is 1. The molecule has 0 spiro atoms. The molecule has 0 aliphatic heterocycles. The van der Waals surface area contributed by atoms with Gasteiger partial charge >= 0.3 is 0 Å². The minimum Gasteiger partial charge on any atom is -0.340 e. The fourth-order valence-corrected chi connectivity index (χ4v) is 1.56. The Balaban J connectivity index is 2.72. The molecule has 1 amide bonds. The molecule has 1 N–H and O–H groups in total. The van der Waals surface area contributed by atoms with E-state index in [1.165, 1.54) is 18.2 Å². The molecule has 0 bridgehead atoms. The summed E-state index contributed by atoms with van der Waals surface area (Å²) >= 11 is 5.79. The zero-order chi connectivity index (χ0) is 12.8. The molecule has 1 aromatic rings. The molecule has 90 valence electrons. The van der Waals surface area contributed by atoms with Crippen LogP contribution in [0.2, 0.25) is 5.02 Å². The van der Waals surface area contributed by atoms with Crippen molar-refractivity contribution >= 4 is 17.5 Å². The first-order valence-electron chi connectivity index (χ1n) is 5.20. The van der Waals surface area contributed by atoms with E-state index in [4.69, 9.17) is 16.9 Å². The van der Waals surface area contributed by atoms with Crippen LogP contribution in [0.4, 0.5) is 4.39 Å². The molecule has 0 heterocycles. The van der Waals surface area contributed by atoms with Crippen LogP contribution in [0.25, 0.3) is 0 Å². The van der Waals surface area contributed by atoms with Crippen LogP contribution in [-0.4, -0.2) is 11.9 Å². The number of hydrogen-bond donors (Lipinski definition) is 1. The van der Waals surface area contributed by atoms with Crippen molar-refractivity contribution in [1.82, 2.24) is 5.32 Å². The number of amides is 1. The Morgan fingerprint density at radius 1 is 1.65 bits per heavy atom. The van der Waals surface area contributed by atoms with E-state index in [2.05, 4.69) is 5.32 Å². The van der Waals surface area contributed by atoms with Gasteiger partial charge in [-0.2, -0.15) is 5.26 Å². The van der Waals surface area contributed by atoms with E-state index in [1.54, 1.807) is 6.92 Å². The molecule has 0 aromatic heterocycles. The summed E-state index contributed by atoms with van der Waals surface area (Å²) in [5.74, 6) is -0.928. The molecule has 0 aliphatic rings. The fraction of sp³-hybridized carbons (Fsp3) is 0.333. The first kappa shape index (κ1) is 13.5. The summed E-state index contributed by atoms with van der Waals surface area (Å²) in [6, 6.07) is 5.64. The van der Waals surface area contributed by atoms with Crippen LogP contribution in [0.5, 0.6) is 0 Å². The minimum absolute atomic E-state index is 0.152. The zero-order valence-electron chi connectivity index (χ0n) is 9.34. The zero-order valence-corrected chi connectivity index (χ0v) is 10.1. The maximum absolute atomic E-state index is 13.4. The molecule has 5 heteroatoms. The van der Waals surface area contributed by atoms with Crippen LogP contribution in [-0.2, 0) is 11.2 Å². The number of halogens is 2. The second kappa shape index (κ2) is 6.21. The smallest absolute Gasteiger partial charge is 0.225 e. The van der Waals surface area contributed by atoms with E-state index in [9.17, 15) is 9.18 Å². The highest BCUT2D eigenvalue weighted by Crippen LogP contribution is 2.19. The van der Waals surface area contributed by atoms with Crippen molar-refractivity contribution in [2.45, 2.75) is 25.8 Å². The van der Waals surface area contributed by atoms with Gasteiger partial charge in [-0.3, -0.25) is 4.79 Å². The van der Waals surface area contributed by atoms with Crippen molar-refractivity contribution in [2.24, 2.45) is 0 Å². The normalized spacial score (nSPS) is 11.6.